The third kappa shape index (κ3) is 3.20. The fourth-order valence-corrected chi connectivity index (χ4v) is 2.07. The van der Waals surface area contributed by atoms with Gasteiger partial charge in [-0.25, -0.2) is 18.6 Å². The molecule has 0 saturated carbocycles. The van der Waals surface area contributed by atoms with Crippen LogP contribution in [0.3, 0.4) is 0 Å². The molecule has 1 heterocycles. The Hall–Kier alpha value is -1.97. The van der Waals surface area contributed by atoms with E-state index in [1.54, 1.807) is 6.07 Å². The molecular formula is C13H10F2IN3O2. The van der Waals surface area contributed by atoms with E-state index in [0.29, 0.717) is 3.57 Å². The zero-order valence-corrected chi connectivity index (χ0v) is 12.9. The first kappa shape index (κ1) is 15.4. The van der Waals surface area contributed by atoms with E-state index in [0.717, 1.165) is 13.3 Å². The molecule has 21 heavy (non-hydrogen) atoms. The van der Waals surface area contributed by atoms with Crippen molar-refractivity contribution in [1.82, 2.24) is 4.98 Å². The Morgan fingerprint density at radius 1 is 1.43 bits per heavy atom. The highest BCUT2D eigenvalue weighted by atomic mass is 127. The van der Waals surface area contributed by atoms with Crippen molar-refractivity contribution in [2.75, 3.05) is 18.2 Å². The van der Waals surface area contributed by atoms with Crippen molar-refractivity contribution in [3.05, 3.63) is 45.2 Å². The van der Waals surface area contributed by atoms with Gasteiger partial charge < -0.3 is 15.8 Å². The molecule has 0 bridgehead atoms. The van der Waals surface area contributed by atoms with Crippen molar-refractivity contribution in [2.24, 2.45) is 0 Å². The van der Waals surface area contributed by atoms with Crippen LogP contribution < -0.4 is 11.1 Å². The number of anilines is 3. The first-order chi connectivity index (χ1) is 9.93. The fourth-order valence-electron chi connectivity index (χ4n) is 1.61. The number of hydrogen-bond donors (Lipinski definition) is 2. The lowest BCUT2D eigenvalue weighted by Gasteiger charge is -2.13. The summed E-state index contributed by atoms with van der Waals surface area (Å²) in [4.78, 5) is 15.2. The summed E-state index contributed by atoms with van der Waals surface area (Å²) < 4.78 is 33.1. The van der Waals surface area contributed by atoms with Gasteiger partial charge in [0.25, 0.3) is 0 Å². The maximum atomic E-state index is 14.1. The molecular weight excluding hydrogens is 395 g/mol. The van der Waals surface area contributed by atoms with Crippen molar-refractivity contribution in [1.29, 1.82) is 0 Å². The number of methoxy groups -OCH3 is 1. The second kappa shape index (κ2) is 6.20. The maximum Gasteiger partial charge on any atom is 0.341 e. The second-order valence-electron chi connectivity index (χ2n) is 3.99. The molecule has 3 N–H and O–H groups in total. The number of carbonyl (C=O) groups excluding carboxylic acids is 1. The molecule has 1 aromatic heterocycles. The molecule has 0 amide bonds. The number of hydrogen-bond acceptors (Lipinski definition) is 5. The highest BCUT2D eigenvalue weighted by Gasteiger charge is 2.20. The number of halogens is 3. The Bertz CT molecular complexity index is 710. The van der Waals surface area contributed by atoms with Gasteiger partial charge in [-0.3, -0.25) is 0 Å². The number of nitrogen functional groups attached to an aromatic ring is 1. The number of rotatable bonds is 3. The molecule has 2 rings (SSSR count). The van der Waals surface area contributed by atoms with Gasteiger partial charge in [0.1, 0.15) is 11.4 Å². The normalized spacial score (nSPS) is 10.3. The molecule has 0 radical (unpaired) electrons. The van der Waals surface area contributed by atoms with Gasteiger partial charge in [-0.1, -0.05) is 0 Å². The van der Waals surface area contributed by atoms with Gasteiger partial charge >= 0.3 is 5.97 Å². The first-order valence-corrected chi connectivity index (χ1v) is 6.76. The summed E-state index contributed by atoms with van der Waals surface area (Å²) in [5.74, 6) is -2.76. The molecule has 0 aliphatic carbocycles. The Morgan fingerprint density at radius 3 is 2.76 bits per heavy atom. The number of nitrogens with zero attached hydrogens (tertiary/aromatic N) is 1. The molecule has 0 aliphatic heterocycles. The van der Waals surface area contributed by atoms with Gasteiger partial charge in [0, 0.05) is 9.77 Å². The van der Waals surface area contributed by atoms with Crippen molar-refractivity contribution in [3.63, 3.8) is 0 Å². The Morgan fingerprint density at radius 2 is 2.14 bits per heavy atom. The van der Waals surface area contributed by atoms with Crippen LogP contribution in [0.1, 0.15) is 10.4 Å². The van der Waals surface area contributed by atoms with Crippen LogP contribution in [0, 0.1) is 15.2 Å². The van der Waals surface area contributed by atoms with Crippen LogP contribution in [0.2, 0.25) is 0 Å². The molecule has 0 saturated heterocycles. The van der Waals surface area contributed by atoms with E-state index in [2.05, 4.69) is 15.0 Å². The molecule has 1 aromatic carbocycles. The Balaban J connectivity index is 2.51. The Kier molecular flexibility index (Phi) is 4.56. The molecule has 0 fully saturated rings. The van der Waals surface area contributed by atoms with Crippen LogP contribution in [-0.4, -0.2) is 18.1 Å². The van der Waals surface area contributed by atoms with Crippen LogP contribution >= 0.6 is 22.6 Å². The number of esters is 1. The minimum absolute atomic E-state index is 0.00469. The second-order valence-corrected chi connectivity index (χ2v) is 5.23. The lowest BCUT2D eigenvalue weighted by Crippen LogP contribution is -2.11. The van der Waals surface area contributed by atoms with Gasteiger partial charge in [-0.15, -0.1) is 0 Å². The third-order valence-electron chi connectivity index (χ3n) is 2.64. The molecule has 0 spiro atoms. The van der Waals surface area contributed by atoms with Gasteiger partial charge in [-0.2, -0.15) is 0 Å². The van der Waals surface area contributed by atoms with Crippen LogP contribution in [0.25, 0.3) is 0 Å². The number of nitrogens with two attached hydrogens (primary N) is 1. The van der Waals surface area contributed by atoms with E-state index >= 15 is 0 Å². The minimum atomic E-state index is -0.948. The predicted octanol–water partition coefficient (Wildman–Crippen LogP) is 3.08. The minimum Gasteiger partial charge on any atom is -0.465 e. The zero-order valence-electron chi connectivity index (χ0n) is 10.8. The van der Waals surface area contributed by atoms with E-state index in [9.17, 15) is 13.6 Å². The molecule has 110 valence electrons. The Labute approximate surface area is 132 Å². The summed E-state index contributed by atoms with van der Waals surface area (Å²) in [6.45, 7) is 0. The van der Waals surface area contributed by atoms with Crippen LogP contribution in [0.4, 0.5) is 26.0 Å². The third-order valence-corrected chi connectivity index (χ3v) is 3.31. The average molecular weight is 405 g/mol. The van der Waals surface area contributed by atoms with E-state index in [4.69, 9.17) is 5.73 Å². The number of pyridine rings is 1. The lowest BCUT2D eigenvalue weighted by atomic mass is 10.2. The number of aromatic nitrogens is 1. The summed E-state index contributed by atoms with van der Waals surface area (Å²) in [6, 6.07) is 4.32. The maximum absolute atomic E-state index is 14.1. The van der Waals surface area contributed by atoms with E-state index in [1.165, 1.54) is 12.1 Å². The first-order valence-electron chi connectivity index (χ1n) is 5.68. The molecule has 5 nitrogen and oxygen atoms in total. The number of benzene rings is 1. The number of nitrogens with one attached hydrogen (secondary N) is 1. The molecule has 0 aliphatic rings. The van der Waals surface area contributed by atoms with Crippen molar-refractivity contribution in [3.8, 4) is 0 Å². The fraction of sp³-hybridized carbons (Fsp3) is 0.0769. The highest BCUT2D eigenvalue weighted by Crippen LogP contribution is 2.29. The molecule has 0 unspecified atom stereocenters. The number of ether oxygens (including phenoxy) is 1. The van der Waals surface area contributed by atoms with Crippen molar-refractivity contribution < 1.29 is 18.3 Å². The SMILES string of the molecule is COC(=O)c1cnc(N)c(F)c1Nc1ccc(I)cc1F. The van der Waals surface area contributed by atoms with Crippen molar-refractivity contribution >= 4 is 45.8 Å². The summed E-state index contributed by atoms with van der Waals surface area (Å²) in [7, 11) is 1.14. The van der Waals surface area contributed by atoms with Crippen LogP contribution in [0.5, 0.6) is 0 Å². The van der Waals surface area contributed by atoms with Gasteiger partial charge in [0.2, 0.25) is 0 Å². The lowest BCUT2D eigenvalue weighted by molar-refractivity contribution is 0.0601. The van der Waals surface area contributed by atoms with Gasteiger partial charge in [0.05, 0.1) is 18.5 Å². The largest absolute Gasteiger partial charge is 0.465 e. The molecule has 2 aromatic rings. The zero-order chi connectivity index (χ0) is 15.6. The van der Waals surface area contributed by atoms with E-state index in [-0.39, 0.29) is 16.9 Å². The van der Waals surface area contributed by atoms with Gasteiger partial charge in [0.15, 0.2) is 11.6 Å². The topological polar surface area (TPSA) is 77.2 Å². The van der Waals surface area contributed by atoms with E-state index < -0.39 is 23.4 Å². The van der Waals surface area contributed by atoms with Crippen molar-refractivity contribution in [2.45, 2.75) is 0 Å². The smallest absolute Gasteiger partial charge is 0.341 e. The van der Waals surface area contributed by atoms with E-state index in [1.807, 2.05) is 22.6 Å². The average Bonchev–Trinajstić information content (AvgIpc) is 2.45. The summed E-state index contributed by atoms with van der Waals surface area (Å²) >= 11 is 1.94. The predicted molar refractivity (Wildman–Crippen MR) is 82.3 cm³/mol. The summed E-state index contributed by atoms with van der Waals surface area (Å²) in [6.07, 6.45) is 1.07. The van der Waals surface area contributed by atoms with Gasteiger partial charge in [-0.05, 0) is 40.8 Å². The van der Waals surface area contributed by atoms with Crippen LogP contribution in [-0.2, 0) is 4.74 Å². The monoisotopic (exact) mass is 405 g/mol. The highest BCUT2D eigenvalue weighted by molar-refractivity contribution is 14.1. The van der Waals surface area contributed by atoms with Crippen LogP contribution in [0.15, 0.2) is 24.4 Å². The molecule has 8 heteroatoms. The molecule has 0 atom stereocenters. The standard InChI is InChI=1S/C13H10F2IN3O2/c1-21-13(20)7-5-18-12(17)10(15)11(7)19-9-3-2-6(16)4-8(9)14/h2-5H,1H3,(H3,17,18,19). The quantitative estimate of drug-likeness (QED) is 0.607. The summed E-state index contributed by atoms with van der Waals surface area (Å²) in [5.41, 5.74) is 4.92. The number of carbonyl (C=O) groups is 1. The summed E-state index contributed by atoms with van der Waals surface area (Å²) in [5, 5.41) is 2.52.